The predicted molar refractivity (Wildman–Crippen MR) is 76.9 cm³/mol. The van der Waals surface area contributed by atoms with Crippen molar-refractivity contribution in [3.05, 3.63) is 0 Å². The smallest absolute Gasteiger partial charge is 0.410 e. The SMILES string of the molecule is COC1[C@H]2CC(=O)C[C@@H]1[C@H]1CC[C@@H]2N1C(=O)OC(C)(C)C. The molecule has 3 rings (SSSR count). The molecule has 0 aromatic carbocycles. The quantitative estimate of drug-likeness (QED) is 0.745. The van der Waals surface area contributed by atoms with Crippen LogP contribution in [0.5, 0.6) is 0 Å². The zero-order valence-electron chi connectivity index (χ0n) is 13.3. The van der Waals surface area contributed by atoms with Gasteiger partial charge in [-0.05, 0) is 33.6 Å². The largest absolute Gasteiger partial charge is 0.444 e. The van der Waals surface area contributed by atoms with Gasteiger partial charge >= 0.3 is 6.09 Å². The van der Waals surface area contributed by atoms with E-state index in [9.17, 15) is 9.59 Å². The van der Waals surface area contributed by atoms with Crippen molar-refractivity contribution in [2.75, 3.05) is 7.11 Å². The van der Waals surface area contributed by atoms with E-state index in [2.05, 4.69) is 0 Å². The molecule has 118 valence electrons. The Morgan fingerprint density at radius 3 is 2.10 bits per heavy atom. The summed E-state index contributed by atoms with van der Waals surface area (Å²) >= 11 is 0. The fourth-order valence-corrected chi connectivity index (χ4v) is 4.51. The average molecular weight is 295 g/mol. The number of hydrogen-bond donors (Lipinski definition) is 0. The Morgan fingerprint density at radius 1 is 1.14 bits per heavy atom. The summed E-state index contributed by atoms with van der Waals surface area (Å²) in [6.45, 7) is 5.66. The first-order valence-electron chi connectivity index (χ1n) is 7.87. The average Bonchev–Trinajstić information content (AvgIpc) is 2.75. The van der Waals surface area contributed by atoms with Crippen LogP contribution in [0.25, 0.3) is 0 Å². The lowest BCUT2D eigenvalue weighted by molar-refractivity contribution is -0.143. The Hall–Kier alpha value is -1.10. The van der Waals surface area contributed by atoms with E-state index in [0.717, 1.165) is 12.8 Å². The zero-order valence-corrected chi connectivity index (χ0v) is 13.3. The van der Waals surface area contributed by atoms with E-state index in [1.165, 1.54) is 0 Å². The molecule has 0 N–H and O–H groups in total. The first kappa shape index (κ1) is 14.8. The van der Waals surface area contributed by atoms with Crippen LogP contribution in [0.1, 0.15) is 46.5 Å². The lowest BCUT2D eigenvalue weighted by Gasteiger charge is -2.50. The second-order valence-electron chi connectivity index (χ2n) is 7.57. The molecule has 2 saturated heterocycles. The number of rotatable bonds is 1. The van der Waals surface area contributed by atoms with E-state index in [0.29, 0.717) is 18.6 Å². The van der Waals surface area contributed by atoms with E-state index >= 15 is 0 Å². The summed E-state index contributed by atoms with van der Waals surface area (Å²) in [4.78, 5) is 26.5. The maximum absolute atomic E-state index is 12.6. The molecular weight excluding hydrogens is 270 g/mol. The standard InChI is InChI=1S/C16H25NO4/c1-16(2,3)21-15(19)17-12-5-6-13(17)11-8-9(18)7-10(12)14(11)20-4/h10-14H,5-8H2,1-4H3/t10-,11+,12-,13+,14?. The van der Waals surface area contributed by atoms with E-state index in [1.807, 2.05) is 25.7 Å². The van der Waals surface area contributed by atoms with Crippen LogP contribution in [0.3, 0.4) is 0 Å². The number of hydrogen-bond acceptors (Lipinski definition) is 4. The number of nitrogens with zero attached hydrogens (tertiary/aromatic N) is 1. The van der Waals surface area contributed by atoms with Crippen molar-refractivity contribution in [2.24, 2.45) is 11.8 Å². The Bertz CT molecular complexity index is 432. The first-order chi connectivity index (χ1) is 9.81. The molecule has 5 atom stereocenters. The third-order valence-electron chi connectivity index (χ3n) is 5.11. The van der Waals surface area contributed by atoms with Gasteiger partial charge in [0.25, 0.3) is 0 Å². The minimum absolute atomic E-state index is 0.0929. The minimum Gasteiger partial charge on any atom is -0.444 e. The van der Waals surface area contributed by atoms with Crippen molar-refractivity contribution >= 4 is 11.9 Å². The van der Waals surface area contributed by atoms with Crippen LogP contribution in [0.2, 0.25) is 0 Å². The lowest BCUT2D eigenvalue weighted by atomic mass is 9.70. The highest BCUT2D eigenvalue weighted by Gasteiger charge is 2.58. The van der Waals surface area contributed by atoms with Crippen molar-refractivity contribution in [1.29, 1.82) is 0 Å². The molecule has 2 heterocycles. The molecule has 21 heavy (non-hydrogen) atoms. The van der Waals surface area contributed by atoms with Crippen LogP contribution in [0.4, 0.5) is 4.79 Å². The normalized spacial score (nSPS) is 38.6. The Morgan fingerprint density at radius 2 is 1.67 bits per heavy atom. The minimum atomic E-state index is -0.487. The number of ketones is 1. The topological polar surface area (TPSA) is 55.8 Å². The first-order valence-corrected chi connectivity index (χ1v) is 7.87. The van der Waals surface area contributed by atoms with Crippen molar-refractivity contribution < 1.29 is 19.1 Å². The molecule has 2 aliphatic heterocycles. The highest BCUT2D eigenvalue weighted by Crippen LogP contribution is 2.49. The molecular formula is C16H25NO4. The van der Waals surface area contributed by atoms with Gasteiger partial charge in [-0.15, -0.1) is 0 Å². The number of methoxy groups -OCH3 is 1. The van der Waals surface area contributed by atoms with E-state index in [4.69, 9.17) is 9.47 Å². The summed E-state index contributed by atoms with van der Waals surface area (Å²) in [6, 6.07) is 0.186. The summed E-state index contributed by atoms with van der Waals surface area (Å²) in [5.74, 6) is 0.582. The van der Waals surface area contributed by atoms with Gasteiger partial charge in [0.2, 0.25) is 0 Å². The Labute approximate surface area is 126 Å². The number of carbonyl (C=O) groups is 2. The van der Waals surface area contributed by atoms with Crippen LogP contribution >= 0.6 is 0 Å². The van der Waals surface area contributed by atoms with Gasteiger partial charge in [-0.1, -0.05) is 0 Å². The molecule has 0 spiro atoms. The second kappa shape index (κ2) is 4.97. The molecule has 1 unspecified atom stereocenters. The van der Waals surface area contributed by atoms with E-state index < -0.39 is 5.60 Å². The van der Waals surface area contributed by atoms with Crippen LogP contribution in [0, 0.1) is 11.8 Å². The molecule has 0 aromatic rings. The van der Waals surface area contributed by atoms with Gasteiger partial charge in [0.1, 0.15) is 11.4 Å². The number of carbonyl (C=O) groups excluding carboxylic acids is 2. The van der Waals surface area contributed by atoms with E-state index in [1.54, 1.807) is 7.11 Å². The monoisotopic (exact) mass is 295 g/mol. The summed E-state index contributed by atoms with van der Waals surface area (Å²) in [5.41, 5.74) is -0.487. The number of ether oxygens (including phenoxy) is 2. The van der Waals surface area contributed by atoms with Gasteiger partial charge in [0.15, 0.2) is 0 Å². The van der Waals surface area contributed by atoms with E-state index in [-0.39, 0.29) is 36.1 Å². The van der Waals surface area contributed by atoms with Gasteiger partial charge in [0.05, 0.1) is 6.10 Å². The molecule has 0 radical (unpaired) electrons. The van der Waals surface area contributed by atoms with Gasteiger partial charge in [-0.2, -0.15) is 0 Å². The zero-order chi connectivity index (χ0) is 15.4. The summed E-state index contributed by atoms with van der Waals surface area (Å²) in [5, 5.41) is 0. The van der Waals surface area contributed by atoms with Crippen molar-refractivity contribution in [1.82, 2.24) is 4.90 Å². The molecule has 1 aliphatic carbocycles. The number of fused-ring (bicyclic) bond motifs is 6. The summed E-state index contributed by atoms with van der Waals surface area (Å²) < 4.78 is 11.3. The Balaban J connectivity index is 1.86. The van der Waals surface area contributed by atoms with Gasteiger partial charge in [-0.25, -0.2) is 4.79 Å². The third-order valence-corrected chi connectivity index (χ3v) is 5.11. The van der Waals surface area contributed by atoms with Crippen LogP contribution in [-0.2, 0) is 14.3 Å². The highest BCUT2D eigenvalue weighted by molar-refractivity contribution is 5.81. The Kier molecular flexibility index (Phi) is 3.51. The van der Waals surface area contributed by atoms with Gasteiger partial charge in [-0.3, -0.25) is 4.79 Å². The maximum atomic E-state index is 12.6. The lowest BCUT2D eigenvalue weighted by Crippen LogP contribution is -2.62. The number of piperidine rings is 1. The molecule has 1 saturated carbocycles. The third kappa shape index (κ3) is 2.45. The molecule has 3 aliphatic rings. The van der Waals surface area contributed by atoms with Crippen molar-refractivity contribution in [3.8, 4) is 0 Å². The second-order valence-corrected chi connectivity index (χ2v) is 7.57. The maximum Gasteiger partial charge on any atom is 0.410 e. The molecule has 5 nitrogen and oxygen atoms in total. The van der Waals surface area contributed by atoms with Gasteiger partial charge < -0.3 is 14.4 Å². The fourth-order valence-electron chi connectivity index (χ4n) is 4.51. The predicted octanol–water partition coefficient (Wildman–Crippen LogP) is 2.38. The molecule has 5 heteroatoms. The van der Waals surface area contributed by atoms with Crippen LogP contribution in [-0.4, -0.2) is 47.7 Å². The molecule has 1 amide bonds. The fraction of sp³-hybridized carbons (Fsp3) is 0.875. The summed E-state index contributed by atoms with van der Waals surface area (Å²) in [6.07, 6.45) is 2.86. The van der Waals surface area contributed by atoms with Crippen molar-refractivity contribution in [2.45, 2.75) is 70.2 Å². The van der Waals surface area contributed by atoms with Gasteiger partial charge in [0, 0.05) is 43.9 Å². The van der Waals surface area contributed by atoms with Crippen LogP contribution < -0.4 is 0 Å². The number of amides is 1. The molecule has 3 fully saturated rings. The van der Waals surface area contributed by atoms with Crippen LogP contribution in [0.15, 0.2) is 0 Å². The summed E-state index contributed by atoms with van der Waals surface area (Å²) in [7, 11) is 1.73. The van der Waals surface area contributed by atoms with Crippen molar-refractivity contribution in [3.63, 3.8) is 0 Å². The highest BCUT2D eigenvalue weighted by atomic mass is 16.6. The molecule has 4 bridgehead atoms. The molecule has 0 aromatic heterocycles. The number of Topliss-reactive ketones (excluding diaryl/α,β-unsaturated/α-hetero) is 1.